The van der Waals surface area contributed by atoms with Crippen molar-refractivity contribution in [3.05, 3.63) is 34.5 Å². The Kier molecular flexibility index (Phi) is 9.88. The van der Waals surface area contributed by atoms with Crippen LogP contribution in [0.5, 0.6) is 0 Å². The summed E-state index contributed by atoms with van der Waals surface area (Å²) in [7, 11) is 1.29. The summed E-state index contributed by atoms with van der Waals surface area (Å²) < 4.78 is 4.90. The van der Waals surface area contributed by atoms with Crippen LogP contribution in [0.3, 0.4) is 0 Å². The number of aromatic amines is 1. The van der Waals surface area contributed by atoms with Crippen molar-refractivity contribution in [3.8, 4) is 0 Å². The van der Waals surface area contributed by atoms with Gasteiger partial charge in [0.1, 0.15) is 6.04 Å². The van der Waals surface area contributed by atoms with E-state index in [0.717, 1.165) is 22.2 Å². The van der Waals surface area contributed by atoms with E-state index in [2.05, 4.69) is 89.7 Å². The van der Waals surface area contributed by atoms with E-state index in [4.69, 9.17) is 21.9 Å². The molecule has 2 atom stereocenters. The molecule has 0 radical (unpaired) electrons. The molecule has 2 aromatic rings. The number of carbonyl (C=O) groups excluding carboxylic acids is 2. The van der Waals surface area contributed by atoms with Gasteiger partial charge in [0.25, 0.3) is 0 Å². The van der Waals surface area contributed by atoms with Crippen molar-refractivity contribution in [2.75, 3.05) is 13.7 Å². The third-order valence-electron chi connectivity index (χ3n) is 6.95. The minimum Gasteiger partial charge on any atom is -0.467 e. The van der Waals surface area contributed by atoms with Crippen molar-refractivity contribution < 1.29 is 14.3 Å². The highest BCUT2D eigenvalue weighted by atomic mass is 16.5. The van der Waals surface area contributed by atoms with Crippen molar-refractivity contribution in [1.82, 2.24) is 10.3 Å². The van der Waals surface area contributed by atoms with Crippen molar-refractivity contribution in [3.63, 3.8) is 0 Å². The summed E-state index contributed by atoms with van der Waals surface area (Å²) in [6.07, 6.45) is 1.14. The third kappa shape index (κ3) is 8.21. The predicted octanol–water partition coefficient (Wildman–Crippen LogP) is 3.64. The predicted molar refractivity (Wildman–Crippen MR) is 160 cm³/mol. The van der Waals surface area contributed by atoms with Gasteiger partial charge in [-0.25, -0.2) is 4.79 Å². The van der Waals surface area contributed by atoms with Crippen LogP contribution in [0.15, 0.2) is 17.1 Å². The normalized spacial score (nSPS) is 14.1. The van der Waals surface area contributed by atoms with Crippen LogP contribution < -0.4 is 22.5 Å². The summed E-state index contributed by atoms with van der Waals surface area (Å²) in [5.74, 6) is -0.967. The number of methoxy groups -OCH3 is 1. The minimum absolute atomic E-state index is 0.0201. The molecule has 0 saturated carbocycles. The highest BCUT2D eigenvalue weighted by Crippen LogP contribution is 2.40. The first-order valence-electron chi connectivity index (χ1n) is 13.7. The molecule has 9 heteroatoms. The van der Waals surface area contributed by atoms with E-state index in [1.54, 1.807) is 0 Å². The molecule has 2 rings (SSSR count). The lowest BCUT2D eigenvalue weighted by molar-refractivity contribution is -0.145. The van der Waals surface area contributed by atoms with E-state index in [0.29, 0.717) is 25.8 Å². The Morgan fingerprint density at radius 3 is 2.10 bits per heavy atom. The Hall–Kier alpha value is -3.07. The van der Waals surface area contributed by atoms with Gasteiger partial charge in [-0.15, -0.1) is 0 Å². The monoisotopic (exact) mass is 542 g/mol. The van der Waals surface area contributed by atoms with Gasteiger partial charge in [-0.1, -0.05) is 68.4 Å². The lowest BCUT2D eigenvalue weighted by atomic mass is 9.78. The number of hydrogen-bond acceptors (Lipinski definition) is 5. The van der Waals surface area contributed by atoms with Gasteiger partial charge in [-0.2, -0.15) is 0 Å². The molecular weight excluding hydrogens is 492 g/mol. The molecule has 1 amide bonds. The van der Waals surface area contributed by atoms with Gasteiger partial charge in [0, 0.05) is 28.6 Å². The fraction of sp³-hybridized carbons (Fsp3) is 0.633. The maximum Gasteiger partial charge on any atom is 0.328 e. The minimum atomic E-state index is -0.869. The SMILES string of the molecule is COC(=O)[C@H](CCCN=C(N)N)NC(=O)[C@H](N)Cc1c(C(C)(C)C)[nH]c2c(C(C)(C)C)cc(C(C)(C)C)cc12. The molecule has 0 aliphatic rings. The number of H-pyrrole nitrogens is 1. The molecule has 0 unspecified atom stereocenters. The van der Waals surface area contributed by atoms with E-state index in [1.807, 2.05) is 0 Å². The second-order valence-corrected chi connectivity index (χ2v) is 13.5. The Bertz CT molecular complexity index is 1200. The maximum atomic E-state index is 13.3. The quantitative estimate of drug-likeness (QED) is 0.141. The molecular formula is C30H50N6O3. The van der Waals surface area contributed by atoms with Crippen LogP contribution in [0.2, 0.25) is 0 Å². The van der Waals surface area contributed by atoms with Gasteiger partial charge in [0.05, 0.1) is 13.2 Å². The summed E-state index contributed by atoms with van der Waals surface area (Å²) in [5.41, 5.74) is 22.5. The van der Waals surface area contributed by atoms with Crippen LogP contribution in [-0.2, 0) is 37.0 Å². The number of esters is 1. The van der Waals surface area contributed by atoms with Crippen molar-refractivity contribution >= 4 is 28.7 Å². The fourth-order valence-corrected chi connectivity index (χ4v) is 4.71. The number of aliphatic imine (C=N–C) groups is 1. The van der Waals surface area contributed by atoms with Crippen LogP contribution in [-0.4, -0.2) is 48.6 Å². The number of ether oxygens (including phenoxy) is 1. The number of nitrogens with one attached hydrogen (secondary N) is 2. The second kappa shape index (κ2) is 12.0. The molecule has 1 heterocycles. The number of guanidine groups is 1. The van der Waals surface area contributed by atoms with Crippen LogP contribution in [0, 0.1) is 0 Å². The Morgan fingerprint density at radius 2 is 1.62 bits per heavy atom. The zero-order chi connectivity index (χ0) is 29.9. The molecule has 0 aliphatic carbocycles. The third-order valence-corrected chi connectivity index (χ3v) is 6.95. The lowest BCUT2D eigenvalue weighted by Crippen LogP contribution is -2.49. The first-order valence-corrected chi connectivity index (χ1v) is 13.7. The summed E-state index contributed by atoms with van der Waals surface area (Å²) >= 11 is 0. The summed E-state index contributed by atoms with van der Waals surface area (Å²) in [6.45, 7) is 20.0. The molecule has 0 saturated heterocycles. The molecule has 0 aliphatic heterocycles. The zero-order valence-corrected chi connectivity index (χ0v) is 25.5. The number of rotatable bonds is 9. The van der Waals surface area contributed by atoms with E-state index in [9.17, 15) is 9.59 Å². The number of fused-ring (bicyclic) bond motifs is 1. The summed E-state index contributed by atoms with van der Waals surface area (Å²) in [6, 6.07) is 2.82. The van der Waals surface area contributed by atoms with Gasteiger partial charge in [0.15, 0.2) is 5.96 Å². The van der Waals surface area contributed by atoms with Gasteiger partial charge in [-0.3, -0.25) is 9.79 Å². The van der Waals surface area contributed by atoms with Gasteiger partial charge < -0.3 is 32.2 Å². The number of benzene rings is 1. The fourth-order valence-electron chi connectivity index (χ4n) is 4.71. The van der Waals surface area contributed by atoms with Gasteiger partial charge in [0.2, 0.25) is 5.91 Å². The molecule has 1 aromatic carbocycles. The number of amides is 1. The van der Waals surface area contributed by atoms with Crippen LogP contribution in [0.25, 0.3) is 10.9 Å². The number of aromatic nitrogens is 1. The molecule has 218 valence electrons. The van der Waals surface area contributed by atoms with Crippen molar-refractivity contribution in [2.24, 2.45) is 22.2 Å². The molecule has 0 bridgehead atoms. The lowest BCUT2D eigenvalue weighted by Gasteiger charge is -2.26. The standard InChI is InChI=1S/C30H50N6O3/c1-28(2,3)17-14-18-19(24(30(7,8)9)36-23(18)20(15-17)29(4,5)6)16-21(31)25(37)35-22(26(38)39-10)12-11-13-34-27(32)33/h14-15,21-22,36H,11-13,16,31H2,1-10H3,(H,35,37)(H4,32,33,34)/t21-,22+/m1/s1. The van der Waals surface area contributed by atoms with Crippen molar-refractivity contribution in [2.45, 2.75) is 110 Å². The van der Waals surface area contributed by atoms with E-state index in [-0.39, 0.29) is 22.2 Å². The topological polar surface area (TPSA) is 162 Å². The van der Waals surface area contributed by atoms with Crippen LogP contribution in [0.4, 0.5) is 0 Å². The number of carbonyl (C=O) groups is 2. The first-order chi connectivity index (χ1) is 17.8. The molecule has 9 nitrogen and oxygen atoms in total. The Balaban J connectivity index is 2.50. The number of hydrogen-bond donors (Lipinski definition) is 5. The first kappa shape index (κ1) is 32.1. The smallest absolute Gasteiger partial charge is 0.328 e. The Morgan fingerprint density at radius 1 is 1.00 bits per heavy atom. The zero-order valence-electron chi connectivity index (χ0n) is 25.5. The maximum absolute atomic E-state index is 13.3. The van der Waals surface area contributed by atoms with E-state index < -0.39 is 24.0 Å². The molecule has 0 spiro atoms. The number of nitrogens with zero attached hydrogens (tertiary/aromatic N) is 1. The molecule has 0 fully saturated rings. The highest BCUT2D eigenvalue weighted by molar-refractivity contribution is 5.92. The average molecular weight is 543 g/mol. The average Bonchev–Trinajstić information content (AvgIpc) is 3.17. The highest BCUT2D eigenvalue weighted by Gasteiger charge is 2.31. The van der Waals surface area contributed by atoms with Crippen LogP contribution in [0.1, 0.15) is 97.5 Å². The van der Waals surface area contributed by atoms with E-state index >= 15 is 0 Å². The largest absolute Gasteiger partial charge is 0.467 e. The number of nitrogens with two attached hydrogens (primary N) is 3. The van der Waals surface area contributed by atoms with Gasteiger partial charge in [-0.05, 0) is 52.8 Å². The summed E-state index contributed by atoms with van der Waals surface area (Å²) in [4.78, 5) is 33.3. The molecule has 1 aromatic heterocycles. The van der Waals surface area contributed by atoms with Crippen LogP contribution >= 0.6 is 0 Å². The van der Waals surface area contributed by atoms with Gasteiger partial charge >= 0.3 is 5.97 Å². The Labute approximate surface area is 233 Å². The van der Waals surface area contributed by atoms with E-state index in [1.165, 1.54) is 18.2 Å². The van der Waals surface area contributed by atoms with Crippen molar-refractivity contribution in [1.29, 1.82) is 0 Å². The summed E-state index contributed by atoms with van der Waals surface area (Å²) in [5, 5.41) is 3.87. The second-order valence-electron chi connectivity index (χ2n) is 13.5. The molecule has 8 N–H and O–H groups in total. The molecule has 39 heavy (non-hydrogen) atoms.